The van der Waals surface area contributed by atoms with Gasteiger partial charge in [0.05, 0.1) is 19.4 Å². The van der Waals surface area contributed by atoms with E-state index in [1.807, 2.05) is 6.92 Å². The van der Waals surface area contributed by atoms with Gasteiger partial charge in [-0.25, -0.2) is 0 Å². The van der Waals surface area contributed by atoms with E-state index >= 15 is 0 Å². The van der Waals surface area contributed by atoms with Crippen LogP contribution in [0.4, 0.5) is 13.2 Å². The molecule has 5 nitrogen and oxygen atoms in total. The summed E-state index contributed by atoms with van der Waals surface area (Å²) in [7, 11) is 1.49. The lowest BCUT2D eigenvalue weighted by Crippen LogP contribution is -2.62. The number of methoxy groups -OCH3 is 1. The second-order valence-corrected chi connectivity index (χ2v) is 6.98. The number of nitrogens with zero attached hydrogens (tertiary/aromatic N) is 2. The molecular formula is C18H21F3N2O3. The zero-order chi connectivity index (χ0) is 19.1. The summed E-state index contributed by atoms with van der Waals surface area (Å²) in [5.74, 6) is -1.48. The van der Waals surface area contributed by atoms with E-state index in [0.29, 0.717) is 24.2 Å². The smallest absolute Gasteiger partial charge is 0.439 e. The van der Waals surface area contributed by atoms with E-state index in [1.165, 1.54) is 7.11 Å². The molecule has 1 aromatic carbocycles. The number of hydrazone groups is 1. The van der Waals surface area contributed by atoms with Gasteiger partial charge in [0, 0.05) is 5.71 Å². The van der Waals surface area contributed by atoms with Crippen LogP contribution in [0.5, 0.6) is 5.75 Å². The van der Waals surface area contributed by atoms with Crippen LogP contribution in [-0.2, 0) is 11.2 Å². The van der Waals surface area contributed by atoms with Crippen LogP contribution in [0, 0.1) is 11.8 Å². The highest BCUT2D eigenvalue weighted by Gasteiger charge is 2.68. The second-order valence-electron chi connectivity index (χ2n) is 6.98. The van der Waals surface area contributed by atoms with E-state index in [-0.39, 0.29) is 29.5 Å². The van der Waals surface area contributed by atoms with E-state index in [4.69, 9.17) is 4.74 Å². The third-order valence-corrected chi connectivity index (χ3v) is 5.14. The van der Waals surface area contributed by atoms with Crippen molar-refractivity contribution in [3.63, 3.8) is 0 Å². The van der Waals surface area contributed by atoms with Crippen LogP contribution < -0.4 is 4.74 Å². The van der Waals surface area contributed by atoms with Crippen molar-refractivity contribution in [1.29, 1.82) is 0 Å². The summed E-state index contributed by atoms with van der Waals surface area (Å²) in [4.78, 5) is 12.6. The van der Waals surface area contributed by atoms with Crippen LogP contribution in [0.2, 0.25) is 0 Å². The topological polar surface area (TPSA) is 62.1 Å². The Kier molecular flexibility index (Phi) is 4.72. The maximum atomic E-state index is 13.8. The quantitative estimate of drug-likeness (QED) is 0.889. The number of ether oxygens (including phenoxy) is 1. The number of amides is 1. The van der Waals surface area contributed by atoms with Crippen LogP contribution in [0.15, 0.2) is 29.4 Å². The van der Waals surface area contributed by atoms with Crippen molar-refractivity contribution >= 4 is 11.6 Å². The predicted molar refractivity (Wildman–Crippen MR) is 88.5 cm³/mol. The van der Waals surface area contributed by atoms with Crippen LogP contribution in [-0.4, -0.2) is 40.7 Å². The SMILES string of the molecule is COc1ccc(CC(=O)N2N=C3CC[C@H](C)C[C@@H]3[C@@]2(O)C(F)(F)F)cc1. The van der Waals surface area contributed by atoms with E-state index < -0.39 is 23.7 Å². The molecule has 26 heavy (non-hydrogen) atoms. The molecule has 1 fully saturated rings. The van der Waals surface area contributed by atoms with Crippen molar-refractivity contribution < 1.29 is 27.8 Å². The fourth-order valence-corrected chi connectivity index (χ4v) is 3.65. The molecule has 0 spiro atoms. The molecule has 1 saturated carbocycles. The van der Waals surface area contributed by atoms with Crippen LogP contribution in [0.3, 0.4) is 0 Å². The van der Waals surface area contributed by atoms with Gasteiger partial charge in [0.2, 0.25) is 5.91 Å². The van der Waals surface area contributed by atoms with Crippen LogP contribution in [0.25, 0.3) is 0 Å². The molecule has 1 aliphatic heterocycles. The van der Waals surface area contributed by atoms with E-state index in [1.54, 1.807) is 24.3 Å². The minimum absolute atomic E-state index is 0.0319. The summed E-state index contributed by atoms with van der Waals surface area (Å²) < 4.78 is 46.3. The monoisotopic (exact) mass is 370 g/mol. The Hall–Kier alpha value is -2.09. The molecule has 142 valence electrons. The normalized spacial score (nSPS) is 28.5. The van der Waals surface area contributed by atoms with E-state index in [0.717, 1.165) is 0 Å². The molecule has 1 amide bonds. The van der Waals surface area contributed by atoms with Gasteiger partial charge in [0.15, 0.2) is 0 Å². The highest BCUT2D eigenvalue weighted by molar-refractivity contribution is 5.93. The molecule has 0 saturated heterocycles. The highest BCUT2D eigenvalue weighted by Crippen LogP contribution is 2.49. The lowest BCUT2D eigenvalue weighted by molar-refractivity contribution is -0.317. The number of hydrogen-bond donors (Lipinski definition) is 1. The van der Waals surface area contributed by atoms with Crippen molar-refractivity contribution in [2.75, 3.05) is 7.11 Å². The Labute approximate surface area is 149 Å². The first-order chi connectivity index (χ1) is 12.2. The number of hydrogen-bond acceptors (Lipinski definition) is 4. The van der Waals surface area contributed by atoms with Crippen molar-refractivity contribution in [2.24, 2.45) is 16.9 Å². The maximum absolute atomic E-state index is 13.8. The highest BCUT2D eigenvalue weighted by atomic mass is 19.4. The Balaban J connectivity index is 1.88. The molecule has 1 heterocycles. The molecule has 1 aliphatic carbocycles. The summed E-state index contributed by atoms with van der Waals surface area (Å²) in [6, 6.07) is 6.44. The number of carbonyl (C=O) groups excluding carboxylic acids is 1. The summed E-state index contributed by atoms with van der Waals surface area (Å²) in [5, 5.41) is 14.7. The number of halogens is 3. The fraction of sp³-hybridized carbons (Fsp3) is 0.556. The molecular weight excluding hydrogens is 349 g/mol. The first kappa shape index (κ1) is 18.7. The zero-order valence-corrected chi connectivity index (χ0v) is 14.6. The molecule has 0 radical (unpaired) electrons. The number of alkyl halides is 3. The lowest BCUT2D eigenvalue weighted by atomic mass is 9.76. The molecule has 3 atom stereocenters. The maximum Gasteiger partial charge on any atom is 0.439 e. The van der Waals surface area contributed by atoms with Crippen molar-refractivity contribution in [2.45, 2.75) is 44.5 Å². The third-order valence-electron chi connectivity index (χ3n) is 5.14. The molecule has 0 bridgehead atoms. The Morgan fingerprint density at radius 3 is 2.62 bits per heavy atom. The van der Waals surface area contributed by atoms with Crippen LogP contribution >= 0.6 is 0 Å². The molecule has 1 aromatic rings. The van der Waals surface area contributed by atoms with Crippen molar-refractivity contribution in [1.82, 2.24) is 5.01 Å². The summed E-state index contributed by atoms with van der Waals surface area (Å²) in [6.07, 6.45) is -4.07. The average molecular weight is 370 g/mol. The second kappa shape index (κ2) is 6.57. The first-order valence-corrected chi connectivity index (χ1v) is 8.49. The number of carbonyl (C=O) groups is 1. The van der Waals surface area contributed by atoms with Gasteiger partial charge in [-0.1, -0.05) is 19.1 Å². The van der Waals surface area contributed by atoms with Crippen molar-refractivity contribution in [3.8, 4) is 5.75 Å². The van der Waals surface area contributed by atoms with Crippen LogP contribution in [0.1, 0.15) is 31.7 Å². The average Bonchev–Trinajstić information content (AvgIpc) is 2.89. The molecule has 0 aromatic heterocycles. The molecule has 3 rings (SSSR count). The Morgan fingerprint density at radius 1 is 1.38 bits per heavy atom. The van der Waals surface area contributed by atoms with Gasteiger partial charge in [0.25, 0.3) is 5.72 Å². The summed E-state index contributed by atoms with van der Waals surface area (Å²) >= 11 is 0. The number of benzene rings is 1. The van der Waals surface area contributed by atoms with Crippen molar-refractivity contribution in [3.05, 3.63) is 29.8 Å². The standard InChI is InChI=1S/C18H21F3N2O3/c1-11-3-8-15-14(9-11)17(25,18(19,20)21)23(22-15)16(24)10-12-4-6-13(26-2)7-5-12/h4-7,11,14,25H,3,8-10H2,1-2H3/t11-,14-,17+/m0/s1. The predicted octanol–water partition coefficient (Wildman–Crippen LogP) is 3.12. The molecule has 1 N–H and O–H groups in total. The summed E-state index contributed by atoms with van der Waals surface area (Å²) in [6.45, 7) is 1.84. The number of rotatable bonds is 3. The molecule has 8 heteroatoms. The first-order valence-electron chi connectivity index (χ1n) is 8.49. The lowest BCUT2D eigenvalue weighted by Gasteiger charge is -2.39. The third kappa shape index (κ3) is 3.06. The number of fused-ring (bicyclic) bond motifs is 1. The zero-order valence-electron chi connectivity index (χ0n) is 14.6. The molecule has 0 unspecified atom stereocenters. The summed E-state index contributed by atoms with van der Waals surface area (Å²) in [5.41, 5.74) is -2.50. The van der Waals surface area contributed by atoms with Gasteiger partial charge in [-0.15, -0.1) is 0 Å². The minimum Gasteiger partial charge on any atom is -0.497 e. The van der Waals surface area contributed by atoms with Gasteiger partial charge in [0.1, 0.15) is 5.75 Å². The Bertz CT molecular complexity index is 717. The van der Waals surface area contributed by atoms with Gasteiger partial charge >= 0.3 is 6.18 Å². The van der Waals surface area contributed by atoms with E-state index in [9.17, 15) is 23.1 Å². The van der Waals surface area contributed by atoms with Gasteiger partial charge in [-0.2, -0.15) is 23.3 Å². The Morgan fingerprint density at radius 2 is 2.04 bits per heavy atom. The number of aliphatic hydroxyl groups is 1. The molecule has 2 aliphatic rings. The van der Waals surface area contributed by atoms with Gasteiger partial charge in [-0.3, -0.25) is 4.79 Å². The fourth-order valence-electron chi connectivity index (χ4n) is 3.65. The van der Waals surface area contributed by atoms with E-state index in [2.05, 4.69) is 5.10 Å². The largest absolute Gasteiger partial charge is 0.497 e. The minimum atomic E-state index is -4.99. The van der Waals surface area contributed by atoms with Gasteiger partial charge in [-0.05, 0) is 42.9 Å². The van der Waals surface area contributed by atoms with Gasteiger partial charge < -0.3 is 9.84 Å².